The van der Waals surface area contributed by atoms with E-state index in [4.69, 9.17) is 0 Å². The Kier molecular flexibility index (Phi) is 4.07. The molecule has 0 aliphatic carbocycles. The van der Waals surface area contributed by atoms with Crippen LogP contribution >= 0.6 is 31.9 Å². The normalized spacial score (nSPS) is 10.4. The van der Waals surface area contributed by atoms with Crippen molar-refractivity contribution in [3.05, 3.63) is 29.1 Å². The number of hydrogen-bond donors (Lipinski definition) is 0. The number of carbonyl (C=O) groups is 1. The van der Waals surface area contributed by atoms with Crippen molar-refractivity contribution < 1.29 is 9.53 Å². The number of pyridine rings is 1. The number of nitrogens with zero attached hydrogens (tertiary/aromatic N) is 1. The molecule has 3 nitrogen and oxygen atoms in total. The summed E-state index contributed by atoms with van der Waals surface area (Å²) in [5.74, 6) is -0.359. The van der Waals surface area contributed by atoms with E-state index in [0.29, 0.717) is 11.3 Å². The highest BCUT2D eigenvalue weighted by molar-refractivity contribution is 9.24. The molecule has 1 aromatic rings. The third kappa shape index (κ3) is 2.54. The monoisotopic (exact) mass is 321 g/mol. The second-order valence-corrected chi connectivity index (χ2v) is 5.72. The highest BCUT2D eigenvalue weighted by Crippen LogP contribution is 2.27. The number of aromatic nitrogens is 1. The molecule has 0 aliphatic heterocycles. The van der Waals surface area contributed by atoms with Crippen LogP contribution in [0.4, 0.5) is 0 Å². The van der Waals surface area contributed by atoms with Gasteiger partial charge in [-0.2, -0.15) is 0 Å². The molecule has 76 valence electrons. The maximum absolute atomic E-state index is 11.2. The van der Waals surface area contributed by atoms with Crippen LogP contribution in [-0.4, -0.2) is 18.1 Å². The van der Waals surface area contributed by atoms with Crippen LogP contribution in [0, 0.1) is 6.92 Å². The Balaban J connectivity index is 3.07. The van der Waals surface area contributed by atoms with E-state index in [0.717, 1.165) is 5.69 Å². The van der Waals surface area contributed by atoms with Crippen LogP contribution in [-0.2, 0) is 4.74 Å². The molecule has 0 atom stereocenters. The maximum Gasteiger partial charge on any atom is 0.339 e. The predicted octanol–water partition coefficient (Wildman–Crippen LogP) is 2.97. The minimum absolute atomic E-state index is 0.000368. The van der Waals surface area contributed by atoms with Crippen molar-refractivity contribution in [3.8, 4) is 0 Å². The molecule has 0 bridgehead atoms. The quantitative estimate of drug-likeness (QED) is 0.620. The second-order valence-electron chi connectivity index (χ2n) is 2.66. The highest BCUT2D eigenvalue weighted by Gasteiger charge is 2.12. The average molecular weight is 323 g/mol. The summed E-state index contributed by atoms with van der Waals surface area (Å²) in [6.07, 6.45) is 0. The van der Waals surface area contributed by atoms with Crippen LogP contribution in [0.5, 0.6) is 0 Å². The van der Waals surface area contributed by atoms with Crippen molar-refractivity contribution >= 4 is 37.8 Å². The first-order valence-electron chi connectivity index (χ1n) is 3.90. The van der Waals surface area contributed by atoms with Gasteiger partial charge in [-0.1, -0.05) is 31.9 Å². The Bertz CT molecular complexity index is 353. The van der Waals surface area contributed by atoms with Crippen LogP contribution in [0.1, 0.15) is 25.5 Å². The molecule has 0 radical (unpaired) electrons. The van der Waals surface area contributed by atoms with Crippen molar-refractivity contribution in [1.82, 2.24) is 4.98 Å². The number of alkyl halides is 2. The average Bonchev–Trinajstić information content (AvgIpc) is 2.16. The smallest absolute Gasteiger partial charge is 0.339 e. The lowest BCUT2D eigenvalue weighted by Crippen LogP contribution is -2.06. The number of ether oxygens (including phenoxy) is 1. The lowest BCUT2D eigenvalue weighted by Gasteiger charge is -2.06. The second kappa shape index (κ2) is 4.89. The summed E-state index contributed by atoms with van der Waals surface area (Å²) >= 11 is 6.67. The van der Waals surface area contributed by atoms with Gasteiger partial charge >= 0.3 is 5.97 Å². The van der Waals surface area contributed by atoms with E-state index < -0.39 is 0 Å². The summed E-state index contributed by atoms with van der Waals surface area (Å²) in [4.78, 5) is 15.5. The summed E-state index contributed by atoms with van der Waals surface area (Å²) in [6, 6.07) is 3.48. The molecular weight excluding hydrogens is 314 g/mol. The maximum atomic E-state index is 11.2. The fourth-order valence-corrected chi connectivity index (χ4v) is 1.54. The summed E-state index contributed by atoms with van der Waals surface area (Å²) < 4.78 is 4.62. The Morgan fingerprint density at radius 2 is 2.14 bits per heavy atom. The van der Waals surface area contributed by atoms with Gasteiger partial charge in [0.2, 0.25) is 0 Å². The van der Waals surface area contributed by atoms with Crippen LogP contribution in [0.25, 0.3) is 0 Å². The molecule has 0 N–H and O–H groups in total. The van der Waals surface area contributed by atoms with Gasteiger partial charge in [0, 0.05) is 0 Å². The Morgan fingerprint density at radius 1 is 1.50 bits per heavy atom. The number of esters is 1. The SMILES string of the molecule is COC(=O)c1ccc(C(Br)Br)nc1C. The Hall–Kier alpha value is -0.420. The molecule has 1 aromatic heterocycles. The van der Waals surface area contributed by atoms with Crippen molar-refractivity contribution in [2.75, 3.05) is 7.11 Å². The van der Waals surface area contributed by atoms with E-state index >= 15 is 0 Å². The fraction of sp³-hybridized carbons (Fsp3) is 0.333. The van der Waals surface area contributed by atoms with Gasteiger partial charge in [-0.3, -0.25) is 4.98 Å². The molecule has 0 aromatic carbocycles. The Morgan fingerprint density at radius 3 is 2.57 bits per heavy atom. The van der Waals surface area contributed by atoms with Crippen LogP contribution < -0.4 is 0 Å². The van der Waals surface area contributed by atoms with Gasteiger partial charge in [0.15, 0.2) is 0 Å². The fourth-order valence-electron chi connectivity index (χ4n) is 1.03. The lowest BCUT2D eigenvalue weighted by atomic mass is 10.2. The molecule has 0 saturated heterocycles. The molecule has 14 heavy (non-hydrogen) atoms. The van der Waals surface area contributed by atoms with E-state index in [-0.39, 0.29) is 9.71 Å². The minimum atomic E-state index is -0.359. The van der Waals surface area contributed by atoms with Crippen molar-refractivity contribution in [2.24, 2.45) is 0 Å². The summed E-state index contributed by atoms with van der Waals surface area (Å²) in [6.45, 7) is 1.78. The zero-order valence-corrected chi connectivity index (χ0v) is 10.9. The van der Waals surface area contributed by atoms with Gasteiger partial charge in [0.05, 0.1) is 24.1 Å². The van der Waals surface area contributed by atoms with E-state index in [1.165, 1.54) is 7.11 Å². The van der Waals surface area contributed by atoms with Gasteiger partial charge in [0.25, 0.3) is 0 Å². The van der Waals surface area contributed by atoms with Crippen molar-refractivity contribution in [2.45, 2.75) is 10.7 Å². The van der Waals surface area contributed by atoms with Crippen LogP contribution in [0.15, 0.2) is 12.1 Å². The molecule has 1 heterocycles. The van der Waals surface area contributed by atoms with Gasteiger partial charge in [-0.25, -0.2) is 4.79 Å². The van der Waals surface area contributed by atoms with Gasteiger partial charge in [-0.15, -0.1) is 0 Å². The minimum Gasteiger partial charge on any atom is -0.465 e. The molecule has 0 spiro atoms. The largest absolute Gasteiger partial charge is 0.465 e. The van der Waals surface area contributed by atoms with Gasteiger partial charge < -0.3 is 4.74 Å². The third-order valence-corrected chi connectivity index (χ3v) is 2.67. The first-order chi connectivity index (χ1) is 6.56. The first-order valence-corrected chi connectivity index (χ1v) is 5.73. The van der Waals surface area contributed by atoms with Crippen molar-refractivity contribution in [1.29, 1.82) is 0 Å². The molecule has 1 rings (SSSR count). The Labute approximate surface area is 99.1 Å². The van der Waals surface area contributed by atoms with Gasteiger partial charge in [0.1, 0.15) is 3.74 Å². The number of halogens is 2. The molecule has 0 saturated carbocycles. The molecule has 5 heteroatoms. The van der Waals surface area contributed by atoms with Crippen LogP contribution in [0.3, 0.4) is 0 Å². The molecule has 0 unspecified atom stereocenters. The van der Waals surface area contributed by atoms with E-state index in [2.05, 4.69) is 41.6 Å². The summed E-state index contributed by atoms with van der Waals surface area (Å²) in [5, 5.41) is 0. The number of rotatable bonds is 2. The predicted molar refractivity (Wildman–Crippen MR) is 60.9 cm³/mol. The lowest BCUT2D eigenvalue weighted by molar-refractivity contribution is 0.0599. The van der Waals surface area contributed by atoms with Gasteiger partial charge in [-0.05, 0) is 19.1 Å². The third-order valence-electron chi connectivity index (χ3n) is 1.74. The zero-order valence-electron chi connectivity index (χ0n) is 7.75. The van der Waals surface area contributed by atoms with E-state index in [1.54, 1.807) is 19.1 Å². The molecular formula is C9H9Br2NO2. The van der Waals surface area contributed by atoms with Crippen LogP contribution in [0.2, 0.25) is 0 Å². The van der Waals surface area contributed by atoms with E-state index in [9.17, 15) is 4.79 Å². The number of hydrogen-bond acceptors (Lipinski definition) is 3. The number of carbonyl (C=O) groups excluding carboxylic acids is 1. The molecule has 0 amide bonds. The topological polar surface area (TPSA) is 39.2 Å². The zero-order chi connectivity index (χ0) is 10.7. The molecule has 0 fully saturated rings. The highest BCUT2D eigenvalue weighted by atomic mass is 79.9. The van der Waals surface area contributed by atoms with Crippen molar-refractivity contribution in [3.63, 3.8) is 0 Å². The standard InChI is InChI=1S/C9H9Br2NO2/c1-5-6(9(13)14-2)3-4-7(12-5)8(10)11/h3-4,8H,1-2H3. The first kappa shape index (κ1) is 11.7. The number of aryl methyl sites for hydroxylation is 1. The van der Waals surface area contributed by atoms with E-state index in [1.807, 2.05) is 0 Å². The number of methoxy groups -OCH3 is 1. The summed E-state index contributed by atoms with van der Waals surface area (Å²) in [5.41, 5.74) is 1.99. The summed E-state index contributed by atoms with van der Waals surface area (Å²) in [7, 11) is 1.35. The molecule has 0 aliphatic rings.